The molecule has 0 aliphatic heterocycles. The normalized spacial score (nSPS) is 23.0. The monoisotopic (exact) mass is 421 g/mol. The van der Waals surface area contributed by atoms with Gasteiger partial charge in [-0.15, -0.1) is 0 Å². The van der Waals surface area contributed by atoms with Gasteiger partial charge in [0.25, 0.3) is 0 Å². The van der Waals surface area contributed by atoms with Crippen LogP contribution < -0.4 is 15.2 Å². The highest BCUT2D eigenvalue weighted by Gasteiger charge is 2.38. The van der Waals surface area contributed by atoms with Crippen LogP contribution in [0.25, 0.3) is 0 Å². The minimum atomic E-state index is -4.51. The van der Waals surface area contributed by atoms with E-state index in [0.717, 1.165) is 23.5 Å². The molecule has 0 heterocycles. The first-order valence-corrected chi connectivity index (χ1v) is 11.2. The molecule has 0 amide bonds. The molecule has 4 N–H and O–H groups in total. The summed E-state index contributed by atoms with van der Waals surface area (Å²) in [6.45, 7) is 2.26. The van der Waals surface area contributed by atoms with Gasteiger partial charge in [-0.2, -0.15) is 0 Å². The summed E-state index contributed by atoms with van der Waals surface area (Å²) in [5.74, 6) is 1.81. The Kier molecular flexibility index (Phi) is 6.98. The van der Waals surface area contributed by atoms with Crippen LogP contribution in [0.4, 0.5) is 0 Å². The third kappa shape index (κ3) is 6.84. The van der Waals surface area contributed by atoms with E-state index in [9.17, 15) is 4.57 Å². The Labute approximate surface area is 171 Å². The van der Waals surface area contributed by atoms with Crippen molar-refractivity contribution in [2.45, 2.75) is 43.7 Å². The topological polar surface area (TPSA) is 111 Å². The molecule has 7 nitrogen and oxygen atoms in total. The minimum Gasteiger partial charge on any atom is -0.490 e. The molecule has 0 saturated heterocycles. The van der Waals surface area contributed by atoms with Gasteiger partial charge in [0.15, 0.2) is 0 Å². The SMILES string of the molecule is C[C@H](COc1ccccc1)Oc1ccc([C@@H]2CC[C@](N)(COP(=O)(O)O)C2)cc1. The second kappa shape index (κ2) is 9.28. The van der Waals surface area contributed by atoms with Crippen molar-refractivity contribution < 1.29 is 28.3 Å². The quantitative estimate of drug-likeness (QED) is 0.531. The summed E-state index contributed by atoms with van der Waals surface area (Å²) in [6.07, 6.45) is 2.02. The standard InChI is InChI=1S/C21H28NO6P/c1-16(14-26-19-5-3-2-4-6-19)28-20-9-7-17(8-10-20)18-11-12-21(22,13-18)15-27-29(23,24)25/h2-10,16,18H,11-15,22H2,1H3,(H2,23,24,25)/t16-,18-,21-/m1/s1. The smallest absolute Gasteiger partial charge is 0.469 e. The van der Waals surface area contributed by atoms with E-state index in [1.165, 1.54) is 0 Å². The summed E-state index contributed by atoms with van der Waals surface area (Å²) < 4.78 is 27.2. The Balaban J connectivity index is 1.49. The van der Waals surface area contributed by atoms with Crippen molar-refractivity contribution in [3.63, 3.8) is 0 Å². The predicted octanol–water partition coefficient (Wildman–Crippen LogP) is 3.61. The maximum atomic E-state index is 10.9. The van der Waals surface area contributed by atoms with Gasteiger partial charge in [-0.3, -0.25) is 4.52 Å². The van der Waals surface area contributed by atoms with Crippen molar-refractivity contribution in [1.29, 1.82) is 0 Å². The number of nitrogens with two attached hydrogens (primary N) is 1. The molecule has 1 aliphatic carbocycles. The van der Waals surface area contributed by atoms with Gasteiger partial charge < -0.3 is 25.0 Å². The van der Waals surface area contributed by atoms with E-state index in [2.05, 4.69) is 4.52 Å². The zero-order valence-corrected chi connectivity index (χ0v) is 17.3. The number of phosphoric ester groups is 1. The molecule has 0 bridgehead atoms. The fourth-order valence-electron chi connectivity index (χ4n) is 3.60. The molecular formula is C21H28NO6P. The van der Waals surface area contributed by atoms with Crippen LogP contribution in [0.15, 0.2) is 54.6 Å². The van der Waals surface area contributed by atoms with Crippen LogP contribution in [0.2, 0.25) is 0 Å². The first kappa shape index (κ1) is 21.8. The van der Waals surface area contributed by atoms with E-state index in [0.29, 0.717) is 19.4 Å². The number of para-hydroxylation sites is 1. The average molecular weight is 421 g/mol. The lowest BCUT2D eigenvalue weighted by molar-refractivity contribution is 0.143. The molecular weight excluding hydrogens is 393 g/mol. The summed E-state index contributed by atoms with van der Waals surface area (Å²) in [6, 6.07) is 17.5. The van der Waals surface area contributed by atoms with Crippen LogP contribution in [-0.4, -0.2) is 34.6 Å². The van der Waals surface area contributed by atoms with Crippen molar-refractivity contribution >= 4 is 7.82 Å². The molecule has 1 aliphatic rings. The van der Waals surface area contributed by atoms with Crippen LogP contribution in [0, 0.1) is 0 Å². The average Bonchev–Trinajstić information content (AvgIpc) is 3.09. The van der Waals surface area contributed by atoms with Crippen molar-refractivity contribution in [3.8, 4) is 11.5 Å². The Morgan fingerprint density at radius 2 is 1.83 bits per heavy atom. The molecule has 1 saturated carbocycles. The molecule has 0 spiro atoms. The molecule has 0 aromatic heterocycles. The highest BCUT2D eigenvalue weighted by Crippen LogP contribution is 2.43. The van der Waals surface area contributed by atoms with Gasteiger partial charge in [0.2, 0.25) is 0 Å². The van der Waals surface area contributed by atoms with Crippen LogP contribution in [0.1, 0.15) is 37.7 Å². The van der Waals surface area contributed by atoms with Crippen molar-refractivity contribution in [3.05, 3.63) is 60.2 Å². The lowest BCUT2D eigenvalue weighted by atomic mass is 9.94. The van der Waals surface area contributed by atoms with Crippen LogP contribution in [0.3, 0.4) is 0 Å². The maximum Gasteiger partial charge on any atom is 0.469 e. The van der Waals surface area contributed by atoms with Crippen LogP contribution in [0.5, 0.6) is 11.5 Å². The summed E-state index contributed by atoms with van der Waals surface area (Å²) in [5, 5.41) is 0. The number of rotatable bonds is 9. The zero-order chi connectivity index (χ0) is 20.9. The third-order valence-electron chi connectivity index (χ3n) is 5.08. The Bertz CT molecular complexity index is 825. The number of ether oxygens (including phenoxy) is 2. The number of hydrogen-bond donors (Lipinski definition) is 3. The van der Waals surface area contributed by atoms with Crippen molar-refractivity contribution in [2.24, 2.45) is 5.73 Å². The van der Waals surface area contributed by atoms with Crippen molar-refractivity contribution in [2.75, 3.05) is 13.2 Å². The number of hydrogen-bond acceptors (Lipinski definition) is 5. The fraction of sp³-hybridized carbons (Fsp3) is 0.429. The molecule has 2 aromatic carbocycles. The van der Waals surface area contributed by atoms with Gasteiger partial charge in [-0.1, -0.05) is 30.3 Å². The maximum absolute atomic E-state index is 10.9. The summed E-state index contributed by atoms with van der Waals surface area (Å²) >= 11 is 0. The van der Waals surface area contributed by atoms with E-state index >= 15 is 0 Å². The largest absolute Gasteiger partial charge is 0.490 e. The fourth-order valence-corrected chi connectivity index (χ4v) is 4.03. The second-order valence-electron chi connectivity index (χ2n) is 7.69. The number of phosphoric acid groups is 1. The predicted molar refractivity (Wildman–Crippen MR) is 110 cm³/mol. The lowest BCUT2D eigenvalue weighted by Crippen LogP contribution is -2.41. The van der Waals surface area contributed by atoms with E-state index < -0.39 is 13.4 Å². The van der Waals surface area contributed by atoms with E-state index in [1.807, 2.05) is 61.5 Å². The van der Waals surface area contributed by atoms with Gasteiger partial charge in [0, 0.05) is 5.54 Å². The Morgan fingerprint density at radius 1 is 1.14 bits per heavy atom. The second-order valence-corrected chi connectivity index (χ2v) is 8.93. The number of benzene rings is 2. The zero-order valence-electron chi connectivity index (χ0n) is 16.4. The molecule has 0 radical (unpaired) electrons. The van der Waals surface area contributed by atoms with E-state index in [-0.39, 0.29) is 18.6 Å². The summed E-state index contributed by atoms with van der Waals surface area (Å²) in [5.41, 5.74) is 6.68. The molecule has 29 heavy (non-hydrogen) atoms. The molecule has 3 atom stereocenters. The molecule has 2 aromatic rings. The first-order chi connectivity index (χ1) is 13.7. The Hall–Kier alpha value is -1.89. The van der Waals surface area contributed by atoms with Crippen LogP contribution >= 0.6 is 7.82 Å². The van der Waals surface area contributed by atoms with Gasteiger partial charge in [0.05, 0.1) is 6.61 Å². The van der Waals surface area contributed by atoms with Gasteiger partial charge in [-0.25, -0.2) is 4.57 Å². The van der Waals surface area contributed by atoms with Crippen molar-refractivity contribution in [1.82, 2.24) is 0 Å². The third-order valence-corrected chi connectivity index (χ3v) is 5.55. The van der Waals surface area contributed by atoms with Crippen LogP contribution in [-0.2, 0) is 9.09 Å². The highest BCUT2D eigenvalue weighted by molar-refractivity contribution is 7.46. The van der Waals surface area contributed by atoms with E-state index in [4.69, 9.17) is 25.0 Å². The molecule has 1 fully saturated rings. The molecule has 158 valence electrons. The Morgan fingerprint density at radius 3 is 2.48 bits per heavy atom. The minimum absolute atomic E-state index is 0.103. The lowest BCUT2D eigenvalue weighted by Gasteiger charge is -2.24. The summed E-state index contributed by atoms with van der Waals surface area (Å²) in [4.78, 5) is 17.8. The molecule has 0 unspecified atom stereocenters. The van der Waals surface area contributed by atoms with Gasteiger partial charge in [0.1, 0.15) is 24.2 Å². The van der Waals surface area contributed by atoms with E-state index in [1.54, 1.807) is 0 Å². The molecule has 3 rings (SSSR count). The summed E-state index contributed by atoms with van der Waals surface area (Å²) in [7, 11) is -4.51. The first-order valence-electron chi connectivity index (χ1n) is 9.66. The van der Waals surface area contributed by atoms with Gasteiger partial charge in [-0.05, 0) is 61.9 Å². The van der Waals surface area contributed by atoms with Gasteiger partial charge >= 0.3 is 7.82 Å². The molecule has 8 heteroatoms. The highest BCUT2D eigenvalue weighted by atomic mass is 31.2.